The molecule has 2 aromatic rings. The van der Waals surface area contributed by atoms with E-state index < -0.39 is 0 Å². The summed E-state index contributed by atoms with van der Waals surface area (Å²) in [4.78, 5) is 9.35. The van der Waals surface area contributed by atoms with Crippen molar-refractivity contribution in [2.24, 2.45) is 0 Å². The lowest BCUT2D eigenvalue weighted by atomic mass is 10.1. The molecule has 1 aromatic carbocycles. The third-order valence-electron chi connectivity index (χ3n) is 4.68. The molecular weight excluding hydrogens is 270 g/mol. The molecule has 3 nitrogen and oxygen atoms in total. The summed E-state index contributed by atoms with van der Waals surface area (Å²) in [6.07, 6.45) is 4.92. The van der Waals surface area contributed by atoms with Gasteiger partial charge in [-0.05, 0) is 30.5 Å². The summed E-state index contributed by atoms with van der Waals surface area (Å²) >= 11 is 0. The highest BCUT2D eigenvalue weighted by Gasteiger charge is 2.21. The van der Waals surface area contributed by atoms with Gasteiger partial charge >= 0.3 is 0 Å². The van der Waals surface area contributed by atoms with E-state index in [0.717, 1.165) is 39.1 Å². The summed E-state index contributed by atoms with van der Waals surface area (Å²) in [6, 6.07) is 15.5. The first-order valence-electron chi connectivity index (χ1n) is 8.23. The monoisotopic (exact) mass is 295 g/mol. The number of benzene rings is 1. The molecule has 1 aromatic heterocycles. The molecule has 1 fully saturated rings. The Kier molecular flexibility index (Phi) is 5.20. The molecule has 0 N–H and O–H groups in total. The van der Waals surface area contributed by atoms with Gasteiger partial charge in [0.05, 0.1) is 0 Å². The maximum Gasteiger partial charge on any atom is 0.0320 e. The quantitative estimate of drug-likeness (QED) is 0.845. The van der Waals surface area contributed by atoms with Gasteiger partial charge in [-0.1, -0.05) is 36.4 Å². The summed E-state index contributed by atoms with van der Waals surface area (Å²) in [5, 5.41) is 0. The minimum Gasteiger partial charge on any atom is -0.300 e. The van der Waals surface area contributed by atoms with Crippen LogP contribution in [0.4, 0.5) is 0 Å². The Morgan fingerprint density at radius 2 is 1.77 bits per heavy atom. The van der Waals surface area contributed by atoms with Crippen molar-refractivity contribution in [3.8, 4) is 0 Å². The maximum absolute atomic E-state index is 4.19. The van der Waals surface area contributed by atoms with Crippen LogP contribution in [0.5, 0.6) is 0 Å². The zero-order chi connectivity index (χ0) is 15.2. The van der Waals surface area contributed by atoms with E-state index in [0.29, 0.717) is 6.04 Å². The molecule has 3 rings (SSSR count). The second-order valence-electron chi connectivity index (χ2n) is 6.08. The Morgan fingerprint density at radius 1 is 1.00 bits per heavy atom. The fraction of sp³-hybridized carbons (Fsp3) is 0.421. The summed E-state index contributed by atoms with van der Waals surface area (Å²) in [6.45, 7) is 8.10. The van der Waals surface area contributed by atoms with Crippen LogP contribution in [-0.2, 0) is 6.42 Å². The predicted octanol–water partition coefficient (Wildman–Crippen LogP) is 3.00. The SMILES string of the molecule is CC(c1ccccc1)N1CCN(CCc2cccnc2)CC1. The first kappa shape index (κ1) is 15.2. The molecule has 0 radical (unpaired) electrons. The molecule has 1 atom stereocenters. The second kappa shape index (κ2) is 7.52. The summed E-state index contributed by atoms with van der Waals surface area (Å²) < 4.78 is 0. The van der Waals surface area contributed by atoms with Gasteiger partial charge in [0.2, 0.25) is 0 Å². The van der Waals surface area contributed by atoms with Crippen LogP contribution in [-0.4, -0.2) is 47.5 Å². The fourth-order valence-corrected chi connectivity index (χ4v) is 3.15. The lowest BCUT2D eigenvalue weighted by molar-refractivity contribution is 0.103. The molecule has 116 valence electrons. The van der Waals surface area contributed by atoms with E-state index in [9.17, 15) is 0 Å². The van der Waals surface area contributed by atoms with Gasteiger partial charge in [-0.2, -0.15) is 0 Å². The van der Waals surface area contributed by atoms with E-state index >= 15 is 0 Å². The number of aromatic nitrogens is 1. The van der Waals surface area contributed by atoms with Gasteiger partial charge in [-0.3, -0.25) is 9.88 Å². The lowest BCUT2D eigenvalue weighted by Crippen LogP contribution is -2.47. The molecule has 0 aliphatic carbocycles. The molecule has 0 amide bonds. The number of hydrogen-bond donors (Lipinski definition) is 0. The molecular formula is C19H25N3. The van der Waals surface area contributed by atoms with Gasteiger partial charge < -0.3 is 4.90 Å². The second-order valence-corrected chi connectivity index (χ2v) is 6.08. The Balaban J connectivity index is 1.46. The highest BCUT2D eigenvalue weighted by atomic mass is 15.3. The van der Waals surface area contributed by atoms with Crippen molar-refractivity contribution in [3.05, 3.63) is 66.0 Å². The van der Waals surface area contributed by atoms with E-state index in [1.54, 1.807) is 0 Å². The molecule has 1 aliphatic rings. The molecule has 22 heavy (non-hydrogen) atoms. The number of hydrogen-bond acceptors (Lipinski definition) is 3. The van der Waals surface area contributed by atoms with Crippen molar-refractivity contribution in [3.63, 3.8) is 0 Å². The van der Waals surface area contributed by atoms with Crippen LogP contribution in [0.25, 0.3) is 0 Å². The van der Waals surface area contributed by atoms with Gasteiger partial charge in [-0.25, -0.2) is 0 Å². The van der Waals surface area contributed by atoms with Crippen molar-refractivity contribution in [2.75, 3.05) is 32.7 Å². The molecule has 0 bridgehead atoms. The first-order chi connectivity index (χ1) is 10.8. The minimum atomic E-state index is 0.515. The van der Waals surface area contributed by atoms with Crippen molar-refractivity contribution in [1.29, 1.82) is 0 Å². The Bertz CT molecular complexity index is 547. The largest absolute Gasteiger partial charge is 0.300 e. The Morgan fingerprint density at radius 3 is 2.45 bits per heavy atom. The molecule has 2 heterocycles. The van der Waals surface area contributed by atoms with Crippen LogP contribution in [0.1, 0.15) is 24.1 Å². The van der Waals surface area contributed by atoms with Crippen LogP contribution in [0.15, 0.2) is 54.9 Å². The van der Waals surface area contributed by atoms with Crippen LogP contribution < -0.4 is 0 Å². The summed E-state index contributed by atoms with van der Waals surface area (Å²) in [5.74, 6) is 0. The van der Waals surface area contributed by atoms with E-state index in [-0.39, 0.29) is 0 Å². The average molecular weight is 295 g/mol. The smallest absolute Gasteiger partial charge is 0.0320 e. The molecule has 0 spiro atoms. The molecule has 1 saturated heterocycles. The minimum absolute atomic E-state index is 0.515. The maximum atomic E-state index is 4.19. The van der Waals surface area contributed by atoms with Crippen LogP contribution in [0.3, 0.4) is 0 Å². The van der Waals surface area contributed by atoms with Crippen molar-refractivity contribution >= 4 is 0 Å². The van der Waals surface area contributed by atoms with Crippen LogP contribution in [0.2, 0.25) is 0 Å². The first-order valence-corrected chi connectivity index (χ1v) is 8.23. The standard InChI is InChI=1S/C19H25N3/c1-17(19-7-3-2-4-8-19)22-14-12-21(13-15-22)11-9-18-6-5-10-20-16-18/h2-8,10,16-17H,9,11-15H2,1H3. The molecule has 3 heteroatoms. The summed E-state index contributed by atoms with van der Waals surface area (Å²) in [5.41, 5.74) is 2.76. The third kappa shape index (κ3) is 3.93. The number of nitrogens with zero attached hydrogens (tertiary/aromatic N) is 3. The van der Waals surface area contributed by atoms with Gasteiger partial charge in [0, 0.05) is 51.2 Å². The van der Waals surface area contributed by atoms with Crippen molar-refractivity contribution in [1.82, 2.24) is 14.8 Å². The number of rotatable bonds is 5. The van der Waals surface area contributed by atoms with Gasteiger partial charge in [-0.15, -0.1) is 0 Å². The van der Waals surface area contributed by atoms with E-state index in [4.69, 9.17) is 0 Å². The molecule has 1 unspecified atom stereocenters. The third-order valence-corrected chi connectivity index (χ3v) is 4.68. The topological polar surface area (TPSA) is 19.4 Å². The van der Waals surface area contributed by atoms with E-state index in [1.165, 1.54) is 11.1 Å². The average Bonchev–Trinajstić information content (AvgIpc) is 2.61. The van der Waals surface area contributed by atoms with Crippen LogP contribution in [0, 0.1) is 0 Å². The zero-order valence-corrected chi connectivity index (χ0v) is 13.4. The molecule has 1 aliphatic heterocycles. The molecule has 0 saturated carbocycles. The van der Waals surface area contributed by atoms with Gasteiger partial charge in [0.15, 0.2) is 0 Å². The van der Waals surface area contributed by atoms with Crippen molar-refractivity contribution < 1.29 is 0 Å². The Labute approximate surface area is 133 Å². The summed E-state index contributed by atoms with van der Waals surface area (Å²) in [7, 11) is 0. The van der Waals surface area contributed by atoms with Gasteiger partial charge in [0.1, 0.15) is 0 Å². The van der Waals surface area contributed by atoms with Crippen molar-refractivity contribution in [2.45, 2.75) is 19.4 Å². The number of piperazine rings is 1. The van der Waals surface area contributed by atoms with E-state index in [2.05, 4.69) is 58.1 Å². The predicted molar refractivity (Wildman–Crippen MR) is 90.8 cm³/mol. The highest BCUT2D eigenvalue weighted by Crippen LogP contribution is 2.21. The van der Waals surface area contributed by atoms with Gasteiger partial charge in [0.25, 0.3) is 0 Å². The zero-order valence-electron chi connectivity index (χ0n) is 13.4. The Hall–Kier alpha value is -1.71. The normalized spacial score (nSPS) is 18.2. The van der Waals surface area contributed by atoms with E-state index in [1.807, 2.05) is 18.5 Å². The fourth-order valence-electron chi connectivity index (χ4n) is 3.15. The lowest BCUT2D eigenvalue weighted by Gasteiger charge is -2.38. The van der Waals surface area contributed by atoms with Crippen LogP contribution >= 0.6 is 0 Å². The highest BCUT2D eigenvalue weighted by molar-refractivity contribution is 5.18. The number of pyridine rings is 1.